The molecule has 6 nitrogen and oxygen atoms in total. The lowest BCUT2D eigenvalue weighted by Gasteiger charge is -2.32. The minimum Gasteiger partial charge on any atom is -0.478 e. The third-order valence-electron chi connectivity index (χ3n) is 5.51. The number of hydrogen-bond donors (Lipinski definition) is 1. The molecule has 27 heavy (non-hydrogen) atoms. The topological polar surface area (TPSA) is 76.1 Å². The number of piperidine rings is 1. The Balaban J connectivity index is 1.37. The lowest BCUT2D eigenvalue weighted by atomic mass is 9.88. The van der Waals surface area contributed by atoms with Crippen molar-refractivity contribution in [2.45, 2.75) is 44.6 Å². The van der Waals surface area contributed by atoms with Crippen molar-refractivity contribution in [3.8, 4) is 0 Å². The van der Waals surface area contributed by atoms with E-state index in [0.29, 0.717) is 31.1 Å². The predicted octanol–water partition coefficient (Wildman–Crippen LogP) is 2.75. The van der Waals surface area contributed by atoms with Crippen LogP contribution in [0.4, 0.5) is 0 Å². The summed E-state index contributed by atoms with van der Waals surface area (Å²) < 4.78 is 11.1. The van der Waals surface area contributed by atoms with Crippen LogP contribution in [0.25, 0.3) is 0 Å². The molecule has 1 N–H and O–H groups in total. The van der Waals surface area contributed by atoms with Gasteiger partial charge >= 0.3 is 5.97 Å². The van der Waals surface area contributed by atoms with E-state index in [4.69, 9.17) is 9.47 Å². The van der Waals surface area contributed by atoms with Gasteiger partial charge < -0.3 is 19.5 Å². The summed E-state index contributed by atoms with van der Waals surface area (Å²) in [6, 6.07) is 7.20. The number of carbonyl (C=O) groups is 2. The van der Waals surface area contributed by atoms with Crippen LogP contribution in [0.5, 0.6) is 0 Å². The molecule has 1 aromatic carbocycles. The Morgan fingerprint density at radius 3 is 2.67 bits per heavy atom. The van der Waals surface area contributed by atoms with Crippen molar-refractivity contribution >= 4 is 11.9 Å². The maximum Gasteiger partial charge on any atom is 0.335 e. The molecule has 2 fully saturated rings. The highest BCUT2D eigenvalue weighted by Crippen LogP contribution is 2.24. The SMILES string of the molecule is O=C(O)c1ccccc1CC1CCN(C(=O)CCOCC2CCCO2)CC1. The number of nitrogens with zero attached hydrogens (tertiary/aromatic N) is 1. The number of amides is 1. The lowest BCUT2D eigenvalue weighted by Crippen LogP contribution is -2.39. The summed E-state index contributed by atoms with van der Waals surface area (Å²) in [5.74, 6) is -0.307. The lowest BCUT2D eigenvalue weighted by molar-refractivity contribution is -0.134. The van der Waals surface area contributed by atoms with E-state index in [1.165, 1.54) is 0 Å². The van der Waals surface area contributed by atoms with E-state index < -0.39 is 5.97 Å². The zero-order chi connectivity index (χ0) is 19.1. The van der Waals surface area contributed by atoms with Crippen LogP contribution in [0.2, 0.25) is 0 Å². The molecule has 3 rings (SSSR count). The van der Waals surface area contributed by atoms with Gasteiger partial charge in [0.15, 0.2) is 0 Å². The summed E-state index contributed by atoms with van der Waals surface area (Å²) >= 11 is 0. The van der Waals surface area contributed by atoms with Gasteiger partial charge in [0.2, 0.25) is 5.91 Å². The first-order chi connectivity index (χ1) is 13.1. The largest absolute Gasteiger partial charge is 0.478 e. The average Bonchev–Trinajstić information content (AvgIpc) is 3.19. The average molecular weight is 375 g/mol. The molecule has 0 aromatic heterocycles. The number of hydrogen-bond acceptors (Lipinski definition) is 4. The minimum atomic E-state index is -0.874. The molecule has 2 heterocycles. The Morgan fingerprint density at radius 1 is 1.19 bits per heavy atom. The molecular weight excluding hydrogens is 346 g/mol. The van der Waals surface area contributed by atoms with Gasteiger partial charge in [-0.2, -0.15) is 0 Å². The smallest absolute Gasteiger partial charge is 0.335 e. The van der Waals surface area contributed by atoms with E-state index in [0.717, 1.165) is 57.4 Å². The molecule has 6 heteroatoms. The Morgan fingerprint density at radius 2 is 1.96 bits per heavy atom. The normalized spacial score (nSPS) is 20.7. The molecule has 1 unspecified atom stereocenters. The van der Waals surface area contributed by atoms with Crippen LogP contribution in [-0.4, -0.2) is 60.9 Å². The summed E-state index contributed by atoms with van der Waals surface area (Å²) in [6.45, 7) is 3.33. The third-order valence-corrected chi connectivity index (χ3v) is 5.51. The number of ether oxygens (including phenoxy) is 2. The van der Waals surface area contributed by atoms with E-state index in [2.05, 4.69) is 0 Å². The van der Waals surface area contributed by atoms with Crippen molar-refractivity contribution in [1.29, 1.82) is 0 Å². The van der Waals surface area contributed by atoms with Crippen LogP contribution in [0.3, 0.4) is 0 Å². The number of benzene rings is 1. The fourth-order valence-electron chi connectivity index (χ4n) is 3.91. The molecule has 2 aliphatic heterocycles. The van der Waals surface area contributed by atoms with E-state index in [-0.39, 0.29) is 12.0 Å². The van der Waals surface area contributed by atoms with E-state index in [9.17, 15) is 14.7 Å². The number of carbonyl (C=O) groups excluding carboxylic acids is 1. The van der Waals surface area contributed by atoms with Gasteiger partial charge in [0.05, 0.1) is 31.3 Å². The Bertz CT molecular complexity index is 633. The van der Waals surface area contributed by atoms with E-state index in [1.54, 1.807) is 12.1 Å². The zero-order valence-corrected chi connectivity index (χ0v) is 15.8. The van der Waals surface area contributed by atoms with Crippen LogP contribution >= 0.6 is 0 Å². The molecule has 1 aromatic rings. The first-order valence-electron chi connectivity index (χ1n) is 9.92. The van der Waals surface area contributed by atoms with E-state index >= 15 is 0 Å². The second-order valence-electron chi connectivity index (χ2n) is 7.45. The van der Waals surface area contributed by atoms with Gasteiger partial charge in [-0.15, -0.1) is 0 Å². The van der Waals surface area contributed by atoms with Gasteiger partial charge in [-0.1, -0.05) is 18.2 Å². The molecule has 0 bridgehead atoms. The summed E-state index contributed by atoms with van der Waals surface area (Å²) in [6.07, 6.45) is 5.34. The van der Waals surface area contributed by atoms with Crippen molar-refractivity contribution in [1.82, 2.24) is 4.90 Å². The van der Waals surface area contributed by atoms with Crippen molar-refractivity contribution in [2.75, 3.05) is 32.9 Å². The molecule has 0 aliphatic carbocycles. The Hall–Kier alpha value is -1.92. The maximum absolute atomic E-state index is 12.3. The summed E-state index contributed by atoms with van der Waals surface area (Å²) in [5.41, 5.74) is 1.27. The number of likely N-dealkylation sites (tertiary alicyclic amines) is 1. The molecule has 0 saturated carbocycles. The first kappa shape index (κ1) is 19.8. The highest BCUT2D eigenvalue weighted by atomic mass is 16.5. The zero-order valence-electron chi connectivity index (χ0n) is 15.8. The molecular formula is C21H29NO5. The Kier molecular flexibility index (Phi) is 7.24. The fraction of sp³-hybridized carbons (Fsp3) is 0.619. The summed E-state index contributed by atoms with van der Waals surface area (Å²) in [5, 5.41) is 9.31. The van der Waals surface area contributed by atoms with Crippen LogP contribution in [0.15, 0.2) is 24.3 Å². The van der Waals surface area contributed by atoms with Gasteiger partial charge in [0, 0.05) is 19.7 Å². The van der Waals surface area contributed by atoms with Gasteiger partial charge in [-0.25, -0.2) is 4.79 Å². The third kappa shape index (κ3) is 5.78. The van der Waals surface area contributed by atoms with E-state index in [1.807, 2.05) is 17.0 Å². The number of aromatic carboxylic acids is 1. The second kappa shape index (κ2) is 9.85. The van der Waals surface area contributed by atoms with Gasteiger partial charge in [0.25, 0.3) is 0 Å². The second-order valence-corrected chi connectivity index (χ2v) is 7.45. The van der Waals surface area contributed by atoms with Crippen molar-refractivity contribution < 1.29 is 24.2 Å². The summed E-state index contributed by atoms with van der Waals surface area (Å²) in [4.78, 5) is 25.6. The van der Waals surface area contributed by atoms with Crippen LogP contribution in [0.1, 0.15) is 48.0 Å². The quantitative estimate of drug-likeness (QED) is 0.707. The number of rotatable bonds is 8. The predicted molar refractivity (Wildman–Crippen MR) is 101 cm³/mol. The molecule has 0 radical (unpaired) electrons. The molecule has 2 saturated heterocycles. The van der Waals surface area contributed by atoms with Crippen LogP contribution in [-0.2, 0) is 20.7 Å². The van der Waals surface area contributed by atoms with Crippen molar-refractivity contribution in [2.24, 2.45) is 5.92 Å². The fourth-order valence-corrected chi connectivity index (χ4v) is 3.91. The first-order valence-corrected chi connectivity index (χ1v) is 9.92. The monoisotopic (exact) mass is 375 g/mol. The minimum absolute atomic E-state index is 0.145. The highest BCUT2D eigenvalue weighted by molar-refractivity contribution is 5.89. The van der Waals surface area contributed by atoms with Crippen LogP contribution < -0.4 is 0 Å². The molecule has 1 atom stereocenters. The molecule has 148 valence electrons. The van der Waals surface area contributed by atoms with Crippen LogP contribution in [0, 0.1) is 5.92 Å². The van der Waals surface area contributed by atoms with Gasteiger partial charge in [-0.3, -0.25) is 4.79 Å². The number of carboxylic acids is 1. The van der Waals surface area contributed by atoms with Crippen molar-refractivity contribution in [3.05, 3.63) is 35.4 Å². The summed E-state index contributed by atoms with van der Waals surface area (Å²) in [7, 11) is 0. The standard InChI is InChI=1S/C21H29NO5/c23-20(9-13-26-15-18-5-3-12-27-18)22-10-7-16(8-11-22)14-17-4-1-2-6-19(17)21(24)25/h1-2,4,6,16,18H,3,5,7-15H2,(H,24,25). The maximum atomic E-state index is 12.3. The molecule has 2 aliphatic rings. The number of carboxylic acid groups (broad SMARTS) is 1. The Labute approximate surface area is 160 Å². The highest BCUT2D eigenvalue weighted by Gasteiger charge is 2.24. The van der Waals surface area contributed by atoms with Crippen molar-refractivity contribution in [3.63, 3.8) is 0 Å². The molecule has 0 spiro atoms. The van der Waals surface area contributed by atoms with Gasteiger partial charge in [-0.05, 0) is 49.7 Å². The van der Waals surface area contributed by atoms with Gasteiger partial charge in [0.1, 0.15) is 0 Å². The molecule has 1 amide bonds.